The minimum absolute atomic E-state index is 0.0932. The molecule has 0 aliphatic carbocycles. The summed E-state index contributed by atoms with van der Waals surface area (Å²) in [6, 6.07) is 4.47. The number of aromatic nitrogens is 3. The summed E-state index contributed by atoms with van der Waals surface area (Å²) in [4.78, 5) is 12.1. The van der Waals surface area contributed by atoms with Gasteiger partial charge in [0, 0.05) is 24.9 Å². The molecule has 0 aliphatic rings. The molecule has 12 heteroatoms. The average molecular weight is 518 g/mol. The molecular weight excluding hydrogens is 493 g/mol. The van der Waals surface area contributed by atoms with Crippen molar-refractivity contribution < 1.29 is 26.7 Å². The topological polar surface area (TPSA) is 72.0 Å². The van der Waals surface area contributed by atoms with E-state index >= 15 is 0 Å². The molecule has 2 heterocycles. The van der Waals surface area contributed by atoms with Crippen LogP contribution in [-0.4, -0.2) is 47.4 Å². The van der Waals surface area contributed by atoms with Gasteiger partial charge in [-0.1, -0.05) is 31.5 Å². The number of likely N-dealkylation sites (N-methyl/N-ethyl adjacent to an activating group) is 1. The zero-order valence-electron chi connectivity index (χ0n) is 19.5. The van der Waals surface area contributed by atoms with Gasteiger partial charge in [0.15, 0.2) is 5.82 Å². The van der Waals surface area contributed by atoms with Crippen LogP contribution in [0.15, 0.2) is 36.5 Å². The molecule has 2 aromatic heterocycles. The standard InChI is InChI=1S/C21H19ClF5N5O.C2H6/c1-11(21(25,26)27)30-20-17(18(22)31-19(32-20)15-5-3-4-6-29-15)16-13(23)9-12(10-14(16)24)33-8-7-28-2;1-2/h3-6,9-11,28H,7-8H2,1-2H3,(H,30,31,32);1-2H3/t11-;/m0./s1. The summed E-state index contributed by atoms with van der Waals surface area (Å²) >= 11 is 6.23. The molecule has 1 atom stereocenters. The second-order valence-electron chi connectivity index (χ2n) is 6.90. The number of halogens is 6. The molecule has 3 aromatic rings. The number of nitrogens with zero attached hydrogens (tertiary/aromatic N) is 3. The number of nitrogens with one attached hydrogen (secondary N) is 2. The van der Waals surface area contributed by atoms with Crippen LogP contribution in [0, 0.1) is 11.6 Å². The summed E-state index contributed by atoms with van der Waals surface area (Å²) in [6.07, 6.45) is -3.24. The zero-order chi connectivity index (χ0) is 26.2. The van der Waals surface area contributed by atoms with E-state index in [0.717, 1.165) is 19.1 Å². The van der Waals surface area contributed by atoms with Crippen molar-refractivity contribution in [1.29, 1.82) is 0 Å². The lowest BCUT2D eigenvalue weighted by Crippen LogP contribution is -2.33. The minimum atomic E-state index is -4.66. The molecule has 0 saturated carbocycles. The molecular formula is C23H25ClF5N5O. The molecule has 0 spiro atoms. The van der Waals surface area contributed by atoms with Gasteiger partial charge in [-0.25, -0.2) is 18.7 Å². The highest BCUT2D eigenvalue weighted by Crippen LogP contribution is 2.39. The Bertz CT molecular complexity index is 1090. The molecule has 0 radical (unpaired) electrons. The number of pyridine rings is 1. The lowest BCUT2D eigenvalue weighted by molar-refractivity contribution is -0.138. The summed E-state index contributed by atoms with van der Waals surface area (Å²) in [5, 5.41) is 4.51. The Labute approximate surface area is 204 Å². The number of alkyl halides is 3. The number of rotatable bonds is 8. The fraction of sp³-hybridized carbons (Fsp3) is 0.348. The molecule has 190 valence electrons. The van der Waals surface area contributed by atoms with E-state index < -0.39 is 46.0 Å². The first-order valence-electron chi connectivity index (χ1n) is 10.7. The second kappa shape index (κ2) is 12.6. The molecule has 0 aliphatic heterocycles. The van der Waals surface area contributed by atoms with Gasteiger partial charge >= 0.3 is 6.18 Å². The first kappa shape index (κ1) is 28.2. The van der Waals surface area contributed by atoms with E-state index in [1.807, 2.05) is 13.8 Å². The van der Waals surface area contributed by atoms with E-state index in [1.165, 1.54) is 12.3 Å². The second-order valence-corrected chi connectivity index (χ2v) is 7.26. The Kier molecular flexibility index (Phi) is 10.1. The van der Waals surface area contributed by atoms with Gasteiger partial charge in [0.1, 0.15) is 46.7 Å². The molecule has 3 rings (SSSR count). The summed E-state index contributed by atoms with van der Waals surface area (Å²) in [6.45, 7) is 5.42. The molecule has 0 unspecified atom stereocenters. The van der Waals surface area contributed by atoms with Crippen molar-refractivity contribution in [3.63, 3.8) is 0 Å². The maximum atomic E-state index is 14.9. The van der Waals surface area contributed by atoms with Gasteiger partial charge in [0.2, 0.25) is 0 Å². The molecule has 0 fully saturated rings. The maximum Gasteiger partial charge on any atom is 0.408 e. The number of anilines is 1. The normalized spacial score (nSPS) is 11.9. The largest absolute Gasteiger partial charge is 0.492 e. The third-order valence-corrected chi connectivity index (χ3v) is 4.76. The predicted octanol–water partition coefficient (Wildman–Crippen LogP) is 6.12. The Balaban J connectivity index is 0.00000210. The molecule has 6 nitrogen and oxygen atoms in total. The average Bonchev–Trinajstić information content (AvgIpc) is 2.81. The van der Waals surface area contributed by atoms with E-state index in [-0.39, 0.29) is 23.9 Å². The predicted molar refractivity (Wildman–Crippen MR) is 126 cm³/mol. The first-order chi connectivity index (χ1) is 16.6. The van der Waals surface area contributed by atoms with Gasteiger partial charge in [0.05, 0.1) is 11.1 Å². The van der Waals surface area contributed by atoms with Gasteiger partial charge in [-0.15, -0.1) is 0 Å². The first-order valence-corrected chi connectivity index (χ1v) is 11.1. The number of hydrogen-bond acceptors (Lipinski definition) is 6. The van der Waals surface area contributed by atoms with E-state index in [2.05, 4.69) is 25.6 Å². The highest BCUT2D eigenvalue weighted by atomic mass is 35.5. The van der Waals surface area contributed by atoms with E-state index in [1.54, 1.807) is 19.2 Å². The summed E-state index contributed by atoms with van der Waals surface area (Å²) in [5.74, 6) is -2.91. The van der Waals surface area contributed by atoms with Crippen molar-refractivity contribution >= 4 is 17.4 Å². The van der Waals surface area contributed by atoms with Gasteiger partial charge < -0.3 is 15.4 Å². The molecule has 2 N–H and O–H groups in total. The Hall–Kier alpha value is -3.05. The van der Waals surface area contributed by atoms with Gasteiger partial charge in [-0.05, 0) is 26.1 Å². The third-order valence-electron chi connectivity index (χ3n) is 4.49. The van der Waals surface area contributed by atoms with E-state index in [9.17, 15) is 22.0 Å². The summed E-state index contributed by atoms with van der Waals surface area (Å²) < 4.78 is 74.9. The summed E-state index contributed by atoms with van der Waals surface area (Å²) in [7, 11) is 1.68. The van der Waals surface area contributed by atoms with Crippen LogP contribution >= 0.6 is 11.6 Å². The molecule has 0 saturated heterocycles. The van der Waals surface area contributed by atoms with Crippen molar-refractivity contribution in [2.24, 2.45) is 0 Å². The van der Waals surface area contributed by atoms with Crippen molar-refractivity contribution in [2.45, 2.75) is 33.0 Å². The van der Waals surface area contributed by atoms with Crippen molar-refractivity contribution in [3.05, 3.63) is 53.3 Å². The molecule has 0 bridgehead atoms. The van der Waals surface area contributed by atoms with Gasteiger partial charge in [-0.2, -0.15) is 13.2 Å². The fourth-order valence-corrected chi connectivity index (χ4v) is 3.06. The minimum Gasteiger partial charge on any atom is -0.492 e. The number of benzene rings is 1. The summed E-state index contributed by atoms with van der Waals surface area (Å²) in [5.41, 5.74) is -0.933. The van der Waals surface area contributed by atoms with Crippen molar-refractivity contribution in [2.75, 3.05) is 25.5 Å². The van der Waals surface area contributed by atoms with E-state index in [0.29, 0.717) is 6.54 Å². The SMILES string of the molecule is CC.CNCCOc1cc(F)c(-c2c(Cl)nc(-c3ccccn3)nc2N[C@@H](C)C(F)(F)F)c(F)c1. The number of hydrogen-bond donors (Lipinski definition) is 2. The van der Waals surface area contributed by atoms with Crippen LogP contribution in [-0.2, 0) is 0 Å². The lowest BCUT2D eigenvalue weighted by atomic mass is 10.1. The molecule has 35 heavy (non-hydrogen) atoms. The quantitative estimate of drug-likeness (QED) is 0.213. The highest BCUT2D eigenvalue weighted by Gasteiger charge is 2.37. The van der Waals surface area contributed by atoms with Crippen molar-refractivity contribution in [3.8, 4) is 28.4 Å². The Morgan fingerprint density at radius 3 is 2.26 bits per heavy atom. The van der Waals surface area contributed by atoms with E-state index in [4.69, 9.17) is 16.3 Å². The van der Waals surface area contributed by atoms with Crippen molar-refractivity contribution in [1.82, 2.24) is 20.3 Å². The number of ether oxygens (including phenoxy) is 1. The zero-order valence-corrected chi connectivity index (χ0v) is 20.2. The van der Waals surface area contributed by atoms with Crippen LogP contribution in [0.2, 0.25) is 5.15 Å². The fourth-order valence-electron chi connectivity index (χ4n) is 2.80. The smallest absolute Gasteiger partial charge is 0.408 e. The monoisotopic (exact) mass is 517 g/mol. The van der Waals surface area contributed by atoms with Crippen LogP contribution in [0.3, 0.4) is 0 Å². The molecule has 0 amide bonds. The van der Waals surface area contributed by atoms with Gasteiger partial charge in [0.25, 0.3) is 0 Å². The molecule has 1 aromatic carbocycles. The van der Waals surface area contributed by atoms with Crippen LogP contribution in [0.4, 0.5) is 27.8 Å². The maximum absolute atomic E-state index is 14.9. The van der Waals surface area contributed by atoms with Crippen LogP contribution < -0.4 is 15.4 Å². The Morgan fingerprint density at radius 1 is 1.06 bits per heavy atom. The van der Waals surface area contributed by atoms with Gasteiger partial charge in [-0.3, -0.25) is 4.98 Å². The lowest BCUT2D eigenvalue weighted by Gasteiger charge is -2.21. The van der Waals surface area contributed by atoms with Crippen LogP contribution in [0.1, 0.15) is 20.8 Å². The Morgan fingerprint density at radius 2 is 1.71 bits per heavy atom. The van der Waals surface area contributed by atoms with Crippen LogP contribution in [0.5, 0.6) is 5.75 Å². The third kappa shape index (κ3) is 7.22. The highest BCUT2D eigenvalue weighted by molar-refractivity contribution is 6.32. The van der Waals surface area contributed by atoms with Crippen LogP contribution in [0.25, 0.3) is 22.6 Å².